The largest absolute Gasteiger partial charge is 0.416 e. The second-order valence-corrected chi connectivity index (χ2v) is 21.8. The molecule has 9 heterocycles. The fourth-order valence-corrected chi connectivity index (χ4v) is 10.7. The molecule has 0 aliphatic carbocycles. The minimum absolute atomic E-state index is 0.0734. The monoisotopic (exact) mass is 1300 g/mol. The van der Waals surface area contributed by atoms with Gasteiger partial charge in [0.25, 0.3) is 16.7 Å². The first-order valence-electron chi connectivity index (χ1n) is 28.2. The Morgan fingerprint density at radius 2 is 0.923 bits per heavy atom. The number of alkyl halides is 9. The molecule has 20 nitrogen and oxygen atoms in total. The van der Waals surface area contributed by atoms with Gasteiger partial charge in [-0.1, -0.05) is 57.2 Å². The summed E-state index contributed by atoms with van der Waals surface area (Å²) in [6.07, 6.45) is 0.596. The molecule has 1 aliphatic rings. The van der Waals surface area contributed by atoms with E-state index in [1.54, 1.807) is 83.2 Å². The Hall–Kier alpha value is -9.51. The second kappa shape index (κ2) is 26.1. The highest BCUT2D eigenvalue weighted by atomic mass is 35.5. The lowest BCUT2D eigenvalue weighted by Crippen LogP contribution is -2.25. The summed E-state index contributed by atoms with van der Waals surface area (Å²) < 4.78 is 129. The number of hydrogen-bond donors (Lipinski definition) is 0. The van der Waals surface area contributed by atoms with Gasteiger partial charge in [0.05, 0.1) is 77.3 Å². The molecule has 1 aliphatic heterocycles. The van der Waals surface area contributed by atoms with Crippen LogP contribution in [0.25, 0.3) is 45.1 Å². The maximum absolute atomic E-state index is 12.9. The van der Waals surface area contributed by atoms with Crippen molar-refractivity contribution >= 4 is 57.1 Å². The molecule has 0 saturated carbocycles. The highest BCUT2D eigenvalue weighted by molar-refractivity contribution is 6.29. The molecule has 0 radical (unpaired) electrons. The smallest absolute Gasteiger partial charge is 0.321 e. The fraction of sp³-hybridized carbons (Fsp3) is 0.300. The summed E-state index contributed by atoms with van der Waals surface area (Å²) >= 11 is 12.3. The molecule has 474 valence electrons. The quantitative estimate of drug-likeness (QED) is 0.0697. The number of aryl methyl sites for hydroxylation is 3. The Kier molecular flexibility index (Phi) is 18.5. The third-order valence-electron chi connectivity index (χ3n) is 14.5. The van der Waals surface area contributed by atoms with Crippen molar-refractivity contribution < 1.29 is 39.5 Å². The molecule has 0 fully saturated rings. The first kappa shape index (κ1) is 64.5. The van der Waals surface area contributed by atoms with Gasteiger partial charge >= 0.3 is 18.5 Å². The summed E-state index contributed by atoms with van der Waals surface area (Å²) in [5.41, 5.74) is 2.97. The fourth-order valence-electron chi connectivity index (χ4n) is 10.2. The molecule has 91 heavy (non-hydrogen) atoms. The first-order valence-corrected chi connectivity index (χ1v) is 29.0. The second-order valence-electron chi connectivity index (χ2n) is 21.2. The highest BCUT2D eigenvalue weighted by Gasteiger charge is 2.33. The van der Waals surface area contributed by atoms with E-state index in [9.17, 15) is 53.9 Å². The van der Waals surface area contributed by atoms with Crippen LogP contribution in [0, 0.1) is 0 Å². The molecule has 3 aromatic carbocycles. The van der Waals surface area contributed by atoms with Crippen molar-refractivity contribution in [3.63, 3.8) is 0 Å². The third-order valence-corrected chi connectivity index (χ3v) is 15.1. The number of rotatable bonds is 15. The summed E-state index contributed by atoms with van der Waals surface area (Å²) in [5, 5.41) is 12.9. The molecule has 0 atom stereocenters. The number of hydrogen-bond acceptors (Lipinski definition) is 12. The lowest BCUT2D eigenvalue weighted by Gasteiger charge is -2.08. The zero-order valence-electron chi connectivity index (χ0n) is 49.0. The topological polar surface area (TPSA) is 206 Å². The minimum atomic E-state index is -4.41. The van der Waals surface area contributed by atoms with Gasteiger partial charge in [-0.2, -0.15) is 64.8 Å². The summed E-state index contributed by atoms with van der Waals surface area (Å²) in [4.78, 5) is 64.2. The van der Waals surface area contributed by atoms with Gasteiger partial charge in [0.2, 0.25) is 10.6 Å². The first-order chi connectivity index (χ1) is 43.2. The van der Waals surface area contributed by atoms with Crippen LogP contribution in [0.15, 0.2) is 136 Å². The Morgan fingerprint density at radius 3 is 1.38 bits per heavy atom. The summed E-state index contributed by atoms with van der Waals surface area (Å²) in [6, 6.07) is 15.4. The minimum Gasteiger partial charge on any atom is -0.321 e. The Labute approximate surface area is 520 Å². The maximum atomic E-state index is 12.9. The summed E-state index contributed by atoms with van der Waals surface area (Å²) in [6.45, 7) is 7.84. The van der Waals surface area contributed by atoms with E-state index in [4.69, 9.17) is 23.2 Å². The highest BCUT2D eigenvalue weighted by Crippen LogP contribution is 2.33. The van der Waals surface area contributed by atoms with Crippen LogP contribution in [0.2, 0.25) is 10.6 Å². The van der Waals surface area contributed by atoms with E-state index >= 15 is 0 Å². The third kappa shape index (κ3) is 14.1. The molecule has 8 aromatic heterocycles. The molecule has 12 rings (SSSR count). The van der Waals surface area contributed by atoms with Crippen molar-refractivity contribution in [1.29, 1.82) is 0 Å². The predicted molar refractivity (Wildman–Crippen MR) is 321 cm³/mol. The number of benzene rings is 3. The summed E-state index contributed by atoms with van der Waals surface area (Å²) in [5.74, 6) is 1.28. The van der Waals surface area contributed by atoms with Crippen LogP contribution in [0.1, 0.15) is 84.5 Å². The standard InChI is InChI=1S/C20H18ClF3N6O.C20H17ClF3N5O.C20H19F3N6O/c1-3-7-30-18(31)15-16(27-19(30)21)26-17(28(15)2)13-9-25-29(11-13)10-12-5-4-6-14(8-12)20(22,23)24;1-2-6-29-18(30)15-8-16(26-17(15)27-19(29)21)13-9-25-28(11-13)10-12-4-3-5-14(7-12)20(22,23)24;1-3-7-28-12-24-17-16(19(28)30)27(2)18(26-17)14-9-25-29(11-14)10-13-5-4-6-15(8-13)20(21,22)23/h4-6,8-9,11H,3,7,10H2,1-2H3;3-5,7,9,11H,2,6,8,10H2,1H3;4-6,8-9,11-12H,3,7,10H2,1-2H3. The van der Waals surface area contributed by atoms with Crippen molar-refractivity contribution in [3.8, 4) is 22.8 Å². The molecule has 0 saturated heterocycles. The van der Waals surface area contributed by atoms with Crippen LogP contribution in [-0.4, -0.2) is 82.8 Å². The van der Waals surface area contributed by atoms with E-state index in [0.717, 1.165) is 55.7 Å². The van der Waals surface area contributed by atoms with Gasteiger partial charge in [-0.25, -0.2) is 19.9 Å². The van der Waals surface area contributed by atoms with Crippen LogP contribution in [0.3, 0.4) is 0 Å². The van der Waals surface area contributed by atoms with Gasteiger partial charge in [-0.15, -0.1) is 0 Å². The van der Waals surface area contributed by atoms with Crippen molar-refractivity contribution in [2.45, 2.75) is 104 Å². The zero-order valence-corrected chi connectivity index (χ0v) is 50.5. The average Bonchev–Trinajstić information content (AvgIpc) is 1.82. The molecular formula is C60H54Cl2F9N17O3. The van der Waals surface area contributed by atoms with E-state index < -0.39 is 35.2 Å². The molecule has 0 unspecified atom stereocenters. The number of imidazole rings is 2. The van der Waals surface area contributed by atoms with Crippen molar-refractivity contribution in [3.05, 3.63) is 202 Å². The van der Waals surface area contributed by atoms with Gasteiger partial charge in [0, 0.05) is 64.3 Å². The zero-order chi connectivity index (χ0) is 65.3. The maximum Gasteiger partial charge on any atom is 0.416 e. The molecule has 11 aromatic rings. The van der Waals surface area contributed by atoms with Crippen molar-refractivity contribution in [2.75, 3.05) is 0 Å². The Bertz CT molecular complexity index is 4720. The Balaban J connectivity index is 0.000000150. The number of aromatic nitrogens is 16. The number of nitrogens with zero attached hydrogens (tertiary/aromatic N) is 17. The number of halogens is 11. The molecule has 31 heteroatoms. The molecule has 0 amide bonds. The molecular weight excluding hydrogens is 1250 g/mol. The average molecular weight is 1300 g/mol. The number of aliphatic imine (C=N–C) groups is 1. The van der Waals surface area contributed by atoms with Crippen LogP contribution in [-0.2, 0) is 78.3 Å². The molecule has 0 N–H and O–H groups in total. The summed E-state index contributed by atoms with van der Waals surface area (Å²) in [7, 11) is 3.43. The predicted octanol–water partition coefficient (Wildman–Crippen LogP) is 11.8. The van der Waals surface area contributed by atoms with Crippen molar-refractivity contribution in [2.24, 2.45) is 19.1 Å². The van der Waals surface area contributed by atoms with E-state index in [-0.39, 0.29) is 52.5 Å². The van der Waals surface area contributed by atoms with Gasteiger partial charge in [0.1, 0.15) is 18.0 Å². The van der Waals surface area contributed by atoms with E-state index in [1.807, 2.05) is 20.8 Å². The van der Waals surface area contributed by atoms with E-state index in [2.05, 4.69) is 45.2 Å². The van der Waals surface area contributed by atoms with Crippen molar-refractivity contribution in [1.82, 2.24) is 77.1 Å². The Morgan fingerprint density at radius 1 is 0.505 bits per heavy atom. The van der Waals surface area contributed by atoms with Gasteiger partial charge in [-0.05, 0) is 95.6 Å². The van der Waals surface area contributed by atoms with Crippen LogP contribution < -0.4 is 16.7 Å². The lowest BCUT2D eigenvalue weighted by atomic mass is 10.1. The SMILES string of the molecule is CCCn1c(Cl)nc2c(c1=O)CC(c1cnn(Cc3cccc(C(F)(F)F)c3)c1)=N2.CCCn1c(Cl)nc2nc(-c3cnn(Cc4cccc(C(F)(F)F)c4)c3)n(C)c2c1=O.CCCn1cnc2nc(-c3cnn(Cc4cccc(C(F)(F)F)c4)c3)n(C)c2c1=O. The van der Waals surface area contributed by atoms with Gasteiger partial charge in [-0.3, -0.25) is 42.1 Å². The van der Waals surface area contributed by atoms with Crippen LogP contribution in [0.5, 0.6) is 0 Å². The van der Waals surface area contributed by atoms with Gasteiger partial charge < -0.3 is 9.13 Å². The lowest BCUT2D eigenvalue weighted by molar-refractivity contribution is -0.138. The molecule has 0 spiro atoms. The number of fused-ring (bicyclic) bond motifs is 3. The van der Waals surface area contributed by atoms with E-state index in [0.29, 0.717) is 105 Å². The molecule has 0 bridgehead atoms. The normalized spacial score (nSPS) is 12.5. The van der Waals surface area contributed by atoms with E-state index in [1.165, 1.54) is 47.7 Å². The van der Waals surface area contributed by atoms with Crippen LogP contribution >= 0.6 is 23.2 Å². The van der Waals surface area contributed by atoms with Gasteiger partial charge in [0.15, 0.2) is 28.1 Å². The van der Waals surface area contributed by atoms with Crippen LogP contribution in [0.4, 0.5) is 45.3 Å².